The van der Waals surface area contributed by atoms with Crippen LogP contribution in [0.4, 0.5) is 0 Å². The summed E-state index contributed by atoms with van der Waals surface area (Å²) in [5, 5.41) is 15.7. The number of nitrogens with zero attached hydrogens (tertiary/aromatic N) is 3. The number of methoxy groups -OCH3 is 1. The third kappa shape index (κ3) is 3.28. The summed E-state index contributed by atoms with van der Waals surface area (Å²) in [6.45, 7) is 1.15. The highest BCUT2D eigenvalue weighted by Gasteiger charge is 2.36. The Bertz CT molecular complexity index is 702. The van der Waals surface area contributed by atoms with E-state index in [4.69, 9.17) is 9.47 Å². The molecule has 1 N–H and O–H groups in total. The van der Waals surface area contributed by atoms with Crippen LogP contribution in [0.1, 0.15) is 6.42 Å². The number of aliphatic hydroxyl groups is 1. The Morgan fingerprint density at radius 1 is 1.46 bits per heavy atom. The van der Waals surface area contributed by atoms with Gasteiger partial charge < -0.3 is 19.5 Å². The Kier molecular flexibility index (Phi) is 5.13. The molecule has 0 spiro atoms. The van der Waals surface area contributed by atoms with Crippen molar-refractivity contribution in [3.63, 3.8) is 0 Å². The maximum Gasteiger partial charge on any atom is 0.224 e. The SMILES string of the molecule is CO[C@@H]1COC[C@@H](N(C)C(=O)CCn2ncc3ccccc32)[C@@H]1O. The molecule has 0 bridgehead atoms. The van der Waals surface area contributed by atoms with Crippen LogP contribution >= 0.6 is 0 Å². The topological polar surface area (TPSA) is 76.8 Å². The van der Waals surface area contributed by atoms with E-state index in [9.17, 15) is 9.90 Å². The van der Waals surface area contributed by atoms with Crippen molar-refractivity contribution in [2.45, 2.75) is 31.2 Å². The first-order valence-electron chi connectivity index (χ1n) is 8.06. The van der Waals surface area contributed by atoms with E-state index in [-0.39, 0.29) is 5.91 Å². The zero-order chi connectivity index (χ0) is 17.1. The second-order valence-electron chi connectivity index (χ2n) is 6.05. The lowest BCUT2D eigenvalue weighted by molar-refractivity contribution is -0.158. The molecule has 0 saturated carbocycles. The van der Waals surface area contributed by atoms with Gasteiger partial charge in [-0.15, -0.1) is 0 Å². The first-order valence-corrected chi connectivity index (χ1v) is 8.06. The summed E-state index contributed by atoms with van der Waals surface area (Å²) in [6, 6.07) is 7.50. The summed E-state index contributed by atoms with van der Waals surface area (Å²) in [6.07, 6.45) is 0.950. The summed E-state index contributed by atoms with van der Waals surface area (Å²) < 4.78 is 12.5. The predicted octanol–water partition coefficient (Wildman–Crippen LogP) is 0.659. The minimum Gasteiger partial charge on any atom is -0.388 e. The fourth-order valence-corrected chi connectivity index (χ4v) is 3.07. The number of ether oxygens (including phenoxy) is 2. The molecule has 0 radical (unpaired) electrons. The van der Waals surface area contributed by atoms with Gasteiger partial charge in [-0.2, -0.15) is 5.10 Å². The minimum atomic E-state index is -0.747. The van der Waals surface area contributed by atoms with Crippen molar-refractivity contribution in [1.82, 2.24) is 14.7 Å². The molecule has 2 heterocycles. The quantitative estimate of drug-likeness (QED) is 0.870. The van der Waals surface area contributed by atoms with Crippen LogP contribution in [-0.4, -0.2) is 71.3 Å². The number of rotatable bonds is 5. The van der Waals surface area contributed by atoms with E-state index in [1.165, 1.54) is 7.11 Å². The normalized spacial score (nSPS) is 24.2. The Morgan fingerprint density at radius 2 is 2.25 bits per heavy atom. The third-order valence-electron chi connectivity index (χ3n) is 4.63. The second kappa shape index (κ2) is 7.29. The van der Waals surface area contributed by atoms with Crippen LogP contribution in [-0.2, 0) is 20.8 Å². The van der Waals surface area contributed by atoms with Gasteiger partial charge in [-0.25, -0.2) is 0 Å². The van der Waals surface area contributed by atoms with E-state index >= 15 is 0 Å². The van der Waals surface area contributed by atoms with Gasteiger partial charge in [-0.3, -0.25) is 9.48 Å². The van der Waals surface area contributed by atoms with Gasteiger partial charge >= 0.3 is 0 Å². The van der Waals surface area contributed by atoms with Crippen molar-refractivity contribution < 1.29 is 19.4 Å². The Morgan fingerprint density at radius 3 is 3.04 bits per heavy atom. The maximum atomic E-state index is 12.5. The summed E-state index contributed by atoms with van der Waals surface area (Å²) in [5.41, 5.74) is 1.01. The molecule has 2 aromatic rings. The lowest BCUT2D eigenvalue weighted by atomic mass is 10.0. The highest BCUT2D eigenvalue weighted by molar-refractivity contribution is 5.79. The summed E-state index contributed by atoms with van der Waals surface area (Å²) >= 11 is 0. The van der Waals surface area contributed by atoms with Crippen molar-refractivity contribution >= 4 is 16.8 Å². The number of para-hydroxylation sites is 1. The number of carbonyl (C=O) groups is 1. The molecule has 7 nitrogen and oxygen atoms in total. The van der Waals surface area contributed by atoms with E-state index < -0.39 is 18.2 Å². The van der Waals surface area contributed by atoms with E-state index in [1.54, 1.807) is 18.1 Å². The summed E-state index contributed by atoms with van der Waals surface area (Å²) in [5.74, 6) is -0.0565. The van der Waals surface area contributed by atoms with E-state index in [0.29, 0.717) is 26.2 Å². The van der Waals surface area contributed by atoms with Crippen molar-refractivity contribution in [3.05, 3.63) is 30.5 Å². The molecule has 0 aliphatic carbocycles. The van der Waals surface area contributed by atoms with E-state index in [0.717, 1.165) is 10.9 Å². The van der Waals surface area contributed by atoms with E-state index in [2.05, 4.69) is 5.10 Å². The molecule has 0 unspecified atom stereocenters. The van der Waals surface area contributed by atoms with Gasteiger partial charge in [-0.05, 0) is 6.07 Å². The van der Waals surface area contributed by atoms with Gasteiger partial charge in [0.15, 0.2) is 0 Å². The van der Waals surface area contributed by atoms with Gasteiger partial charge in [0.2, 0.25) is 5.91 Å². The zero-order valence-electron chi connectivity index (χ0n) is 14.0. The van der Waals surface area contributed by atoms with Crippen LogP contribution in [0.5, 0.6) is 0 Å². The number of likely N-dealkylation sites (N-methyl/N-ethyl adjacent to an activating group) is 1. The van der Waals surface area contributed by atoms with Crippen LogP contribution in [0.25, 0.3) is 10.9 Å². The first kappa shape index (κ1) is 16.9. The lowest BCUT2D eigenvalue weighted by Crippen LogP contribution is -2.56. The number of fused-ring (bicyclic) bond motifs is 1. The fourth-order valence-electron chi connectivity index (χ4n) is 3.07. The number of hydrogen-bond donors (Lipinski definition) is 1. The first-order chi connectivity index (χ1) is 11.6. The van der Waals surface area contributed by atoms with Crippen LogP contribution in [0.15, 0.2) is 30.5 Å². The number of amides is 1. The Labute approximate surface area is 140 Å². The molecular weight excluding hydrogens is 310 g/mol. The van der Waals surface area contributed by atoms with Crippen molar-refractivity contribution in [1.29, 1.82) is 0 Å². The van der Waals surface area contributed by atoms with Crippen molar-refractivity contribution in [3.8, 4) is 0 Å². The van der Waals surface area contributed by atoms with Gasteiger partial charge in [0, 0.05) is 26.0 Å². The molecule has 1 aromatic heterocycles. The monoisotopic (exact) mass is 333 g/mol. The summed E-state index contributed by atoms with van der Waals surface area (Å²) in [7, 11) is 3.23. The molecule has 7 heteroatoms. The standard InChI is InChI=1S/C17H23N3O4/c1-19(14-10-24-11-15(23-2)17(14)22)16(21)7-8-20-13-6-4-3-5-12(13)9-18-20/h3-6,9,14-15,17,22H,7-8,10-11H2,1-2H3/t14-,15-,17+/m1/s1. The Balaban J connectivity index is 1.62. The average Bonchev–Trinajstić information content (AvgIpc) is 3.02. The molecule has 24 heavy (non-hydrogen) atoms. The molecule has 1 amide bonds. The fraction of sp³-hybridized carbons (Fsp3) is 0.529. The summed E-state index contributed by atoms with van der Waals surface area (Å²) in [4.78, 5) is 14.0. The number of aromatic nitrogens is 2. The number of aliphatic hydroxyl groups excluding tert-OH is 1. The van der Waals surface area contributed by atoms with Gasteiger partial charge in [-0.1, -0.05) is 18.2 Å². The molecule has 1 aliphatic rings. The van der Waals surface area contributed by atoms with Crippen LogP contribution in [0, 0.1) is 0 Å². The predicted molar refractivity (Wildman–Crippen MR) is 88.5 cm³/mol. The molecule has 1 aliphatic heterocycles. The smallest absolute Gasteiger partial charge is 0.224 e. The lowest BCUT2D eigenvalue weighted by Gasteiger charge is -2.38. The molecule has 1 aromatic carbocycles. The molecular formula is C17H23N3O4. The average molecular weight is 333 g/mol. The van der Waals surface area contributed by atoms with Crippen LogP contribution < -0.4 is 0 Å². The highest BCUT2D eigenvalue weighted by atomic mass is 16.5. The van der Waals surface area contributed by atoms with Gasteiger partial charge in [0.1, 0.15) is 12.2 Å². The number of hydrogen-bond acceptors (Lipinski definition) is 5. The molecule has 1 saturated heterocycles. The highest BCUT2D eigenvalue weighted by Crippen LogP contribution is 2.17. The molecule has 3 rings (SSSR count). The number of carbonyl (C=O) groups excluding carboxylic acids is 1. The largest absolute Gasteiger partial charge is 0.388 e. The van der Waals surface area contributed by atoms with Crippen LogP contribution in [0.2, 0.25) is 0 Å². The molecule has 1 fully saturated rings. The second-order valence-corrected chi connectivity index (χ2v) is 6.05. The minimum absolute atomic E-state index is 0.0565. The molecule has 3 atom stereocenters. The van der Waals surface area contributed by atoms with E-state index in [1.807, 2.05) is 28.9 Å². The van der Waals surface area contributed by atoms with Gasteiger partial charge in [0.05, 0.1) is 37.5 Å². The molecule has 130 valence electrons. The van der Waals surface area contributed by atoms with Gasteiger partial charge in [0.25, 0.3) is 0 Å². The number of aryl methyl sites for hydroxylation is 1. The number of benzene rings is 1. The third-order valence-corrected chi connectivity index (χ3v) is 4.63. The maximum absolute atomic E-state index is 12.5. The Hall–Kier alpha value is -1.96. The van der Waals surface area contributed by atoms with Crippen molar-refractivity contribution in [2.24, 2.45) is 0 Å². The van der Waals surface area contributed by atoms with Crippen molar-refractivity contribution in [2.75, 3.05) is 27.4 Å². The van der Waals surface area contributed by atoms with Crippen LogP contribution in [0.3, 0.4) is 0 Å². The zero-order valence-corrected chi connectivity index (χ0v) is 14.0.